The van der Waals surface area contributed by atoms with E-state index in [2.05, 4.69) is 41.1 Å². The van der Waals surface area contributed by atoms with Crippen LogP contribution in [-0.4, -0.2) is 47.8 Å². The van der Waals surface area contributed by atoms with E-state index < -0.39 is 5.92 Å². The topological polar surface area (TPSA) is 65.6 Å². The van der Waals surface area contributed by atoms with Gasteiger partial charge in [0.1, 0.15) is 0 Å². The normalized spacial score (nSPS) is 27.0. The van der Waals surface area contributed by atoms with Gasteiger partial charge >= 0.3 is 5.97 Å². The van der Waals surface area contributed by atoms with Crippen LogP contribution in [0.15, 0.2) is 24.3 Å². The van der Waals surface area contributed by atoms with Gasteiger partial charge in [-0.1, -0.05) is 31.5 Å². The summed E-state index contributed by atoms with van der Waals surface area (Å²) in [7, 11) is 1.41. The molecule has 2 N–H and O–H groups in total. The van der Waals surface area contributed by atoms with Crippen molar-refractivity contribution in [3.05, 3.63) is 35.5 Å². The van der Waals surface area contributed by atoms with E-state index in [4.69, 9.17) is 4.74 Å². The second-order valence-electron chi connectivity index (χ2n) is 7.70. The second-order valence-corrected chi connectivity index (χ2v) is 7.70. The zero-order valence-corrected chi connectivity index (χ0v) is 15.6. The summed E-state index contributed by atoms with van der Waals surface area (Å²) in [6, 6.07) is 8.78. The molecule has 0 radical (unpaired) electrons. The number of nitrogens with one attached hydrogen (secondary N) is 1. The van der Waals surface area contributed by atoms with Crippen LogP contribution in [0.5, 0.6) is 0 Å². The molecule has 4 atom stereocenters. The van der Waals surface area contributed by atoms with Gasteiger partial charge in [-0.05, 0) is 36.3 Å². The largest absolute Gasteiger partial charge is 0.469 e. The highest BCUT2D eigenvalue weighted by atomic mass is 16.5. The van der Waals surface area contributed by atoms with Gasteiger partial charge < -0.3 is 14.8 Å². The number of piperidine rings is 1. The Labute approximate surface area is 154 Å². The molecule has 0 amide bonds. The number of aliphatic hydroxyl groups is 1. The molecule has 1 fully saturated rings. The molecule has 0 saturated carbocycles. The lowest BCUT2D eigenvalue weighted by Crippen LogP contribution is -2.49. The minimum Gasteiger partial charge on any atom is -0.469 e. The van der Waals surface area contributed by atoms with Crippen molar-refractivity contribution >= 4 is 16.9 Å². The lowest BCUT2D eigenvalue weighted by molar-refractivity contribution is -0.152. The SMILES string of the molecule is CC[C@H]1CN2CCc3c([nH]c4ccccc34)[C@@H]2CC1[C@H](CO)C(=O)OC. The third-order valence-electron chi connectivity index (χ3n) is 6.58. The smallest absolute Gasteiger partial charge is 0.311 e. The van der Waals surface area contributed by atoms with Crippen molar-refractivity contribution in [2.75, 3.05) is 26.8 Å². The van der Waals surface area contributed by atoms with Gasteiger partial charge in [0.15, 0.2) is 0 Å². The van der Waals surface area contributed by atoms with Gasteiger partial charge in [-0.25, -0.2) is 0 Å². The molecule has 0 spiro atoms. The number of fused-ring (bicyclic) bond motifs is 5. The first-order valence-electron chi connectivity index (χ1n) is 9.70. The first kappa shape index (κ1) is 17.6. The number of ether oxygens (including phenoxy) is 1. The molecular weight excluding hydrogens is 328 g/mol. The second kappa shape index (κ2) is 7.05. The van der Waals surface area contributed by atoms with E-state index >= 15 is 0 Å². The Bertz CT molecular complexity index is 800. The van der Waals surface area contributed by atoms with Gasteiger partial charge in [0, 0.05) is 29.7 Å². The van der Waals surface area contributed by atoms with Crippen molar-refractivity contribution < 1.29 is 14.6 Å². The van der Waals surface area contributed by atoms with Gasteiger partial charge in [-0.3, -0.25) is 9.69 Å². The standard InChI is InChI=1S/C21H28N2O3/c1-3-13-11-23-9-8-15-14-6-4-5-7-18(14)22-20(15)19(23)10-16(13)17(12-24)21(25)26-2/h4-7,13,16-17,19,22,24H,3,8-12H2,1-2H3/t13-,16?,17-,19-/m0/s1. The number of nitrogens with zero attached hydrogens (tertiary/aromatic N) is 1. The zero-order chi connectivity index (χ0) is 18.3. The zero-order valence-electron chi connectivity index (χ0n) is 15.6. The van der Waals surface area contributed by atoms with Crippen LogP contribution in [0.25, 0.3) is 10.9 Å². The molecule has 26 heavy (non-hydrogen) atoms. The highest BCUT2D eigenvalue weighted by molar-refractivity contribution is 5.85. The molecule has 1 unspecified atom stereocenters. The fourth-order valence-corrected chi connectivity index (χ4v) is 5.20. The molecule has 2 aliphatic rings. The maximum absolute atomic E-state index is 12.2. The van der Waals surface area contributed by atoms with Crippen molar-refractivity contribution in [2.45, 2.75) is 32.2 Å². The fraction of sp³-hybridized carbons (Fsp3) is 0.571. The number of carbonyl (C=O) groups excluding carboxylic acids is 1. The van der Waals surface area contributed by atoms with Crippen molar-refractivity contribution in [1.82, 2.24) is 9.88 Å². The highest BCUT2D eigenvalue weighted by Gasteiger charge is 2.44. The Morgan fingerprint density at radius 3 is 2.96 bits per heavy atom. The van der Waals surface area contributed by atoms with Crippen LogP contribution in [0.4, 0.5) is 0 Å². The van der Waals surface area contributed by atoms with Crippen molar-refractivity contribution in [3.63, 3.8) is 0 Å². The summed E-state index contributed by atoms with van der Waals surface area (Å²) in [5, 5.41) is 11.2. The molecule has 1 saturated heterocycles. The monoisotopic (exact) mass is 356 g/mol. The van der Waals surface area contributed by atoms with E-state index in [1.54, 1.807) is 0 Å². The van der Waals surface area contributed by atoms with Crippen LogP contribution in [0.3, 0.4) is 0 Å². The van der Waals surface area contributed by atoms with Crippen LogP contribution in [0.2, 0.25) is 0 Å². The summed E-state index contributed by atoms with van der Waals surface area (Å²) in [6.45, 7) is 4.08. The summed E-state index contributed by atoms with van der Waals surface area (Å²) in [5.41, 5.74) is 3.92. The number of para-hydroxylation sites is 1. The van der Waals surface area contributed by atoms with Crippen LogP contribution >= 0.6 is 0 Å². The predicted octanol–water partition coefficient (Wildman–Crippen LogP) is 2.89. The Kier molecular flexibility index (Phi) is 4.76. The molecule has 2 aromatic rings. The number of rotatable bonds is 4. The average molecular weight is 356 g/mol. The molecule has 5 nitrogen and oxygen atoms in total. The Hall–Kier alpha value is -1.85. The number of benzene rings is 1. The van der Waals surface area contributed by atoms with E-state index in [-0.39, 0.29) is 24.5 Å². The minimum absolute atomic E-state index is 0.139. The Morgan fingerprint density at radius 2 is 2.23 bits per heavy atom. The van der Waals surface area contributed by atoms with Crippen LogP contribution < -0.4 is 0 Å². The van der Waals surface area contributed by atoms with Crippen LogP contribution in [0.1, 0.15) is 37.1 Å². The van der Waals surface area contributed by atoms with Gasteiger partial charge in [0.2, 0.25) is 0 Å². The number of hydrogen-bond donors (Lipinski definition) is 2. The number of carbonyl (C=O) groups is 1. The molecule has 4 rings (SSSR count). The van der Waals surface area contributed by atoms with Gasteiger partial charge in [-0.2, -0.15) is 0 Å². The maximum Gasteiger partial charge on any atom is 0.311 e. The molecule has 140 valence electrons. The summed E-state index contributed by atoms with van der Waals surface area (Å²) in [5.74, 6) is -0.150. The molecule has 2 aliphatic heterocycles. The van der Waals surface area contributed by atoms with E-state index in [0.29, 0.717) is 5.92 Å². The number of aromatic nitrogens is 1. The third kappa shape index (κ3) is 2.74. The summed E-state index contributed by atoms with van der Waals surface area (Å²) < 4.78 is 4.98. The first-order chi connectivity index (χ1) is 12.7. The molecule has 1 aromatic heterocycles. The average Bonchev–Trinajstić information content (AvgIpc) is 3.07. The number of H-pyrrole nitrogens is 1. The van der Waals surface area contributed by atoms with Gasteiger partial charge in [0.05, 0.1) is 25.7 Å². The Morgan fingerprint density at radius 1 is 1.42 bits per heavy atom. The van der Waals surface area contributed by atoms with E-state index in [9.17, 15) is 9.90 Å². The quantitative estimate of drug-likeness (QED) is 0.827. The maximum atomic E-state index is 12.2. The van der Waals surface area contributed by atoms with E-state index in [0.717, 1.165) is 32.4 Å². The predicted molar refractivity (Wildman–Crippen MR) is 101 cm³/mol. The first-order valence-corrected chi connectivity index (χ1v) is 9.70. The van der Waals surface area contributed by atoms with Crippen LogP contribution in [-0.2, 0) is 16.0 Å². The molecule has 0 aliphatic carbocycles. The molecule has 5 heteroatoms. The summed E-state index contributed by atoms with van der Waals surface area (Å²) in [6.07, 6.45) is 2.97. The van der Waals surface area contributed by atoms with Crippen molar-refractivity contribution in [3.8, 4) is 0 Å². The number of methoxy groups -OCH3 is 1. The molecule has 3 heterocycles. The number of aromatic amines is 1. The van der Waals surface area contributed by atoms with E-state index in [1.807, 2.05) is 0 Å². The summed E-state index contributed by atoms with van der Waals surface area (Å²) in [4.78, 5) is 18.5. The molecule has 1 aromatic carbocycles. The number of hydrogen-bond acceptors (Lipinski definition) is 4. The minimum atomic E-state index is -0.429. The van der Waals surface area contributed by atoms with Crippen molar-refractivity contribution in [1.29, 1.82) is 0 Å². The number of aliphatic hydroxyl groups excluding tert-OH is 1. The van der Waals surface area contributed by atoms with Crippen LogP contribution in [0, 0.1) is 17.8 Å². The van der Waals surface area contributed by atoms with Gasteiger partial charge in [-0.15, -0.1) is 0 Å². The highest BCUT2D eigenvalue weighted by Crippen LogP contribution is 2.45. The summed E-state index contributed by atoms with van der Waals surface area (Å²) >= 11 is 0. The fourth-order valence-electron chi connectivity index (χ4n) is 5.20. The lowest BCUT2D eigenvalue weighted by Gasteiger charge is -2.47. The molecule has 0 bridgehead atoms. The Balaban J connectivity index is 1.70. The third-order valence-corrected chi connectivity index (χ3v) is 6.58. The lowest BCUT2D eigenvalue weighted by atomic mass is 9.71. The van der Waals surface area contributed by atoms with Crippen molar-refractivity contribution in [2.24, 2.45) is 17.8 Å². The molecular formula is C21H28N2O3. The van der Waals surface area contributed by atoms with Gasteiger partial charge in [0.25, 0.3) is 0 Å². The van der Waals surface area contributed by atoms with E-state index in [1.165, 1.54) is 29.3 Å². The number of esters is 1.